The summed E-state index contributed by atoms with van der Waals surface area (Å²) < 4.78 is 26.4. The lowest BCUT2D eigenvalue weighted by molar-refractivity contribution is 0.150. The van der Waals surface area contributed by atoms with Crippen molar-refractivity contribution in [2.45, 2.75) is 32.9 Å². The molecule has 0 aliphatic heterocycles. The highest BCUT2D eigenvalue weighted by Crippen LogP contribution is 2.25. The van der Waals surface area contributed by atoms with Crippen LogP contribution in [0.3, 0.4) is 0 Å². The Morgan fingerprint density at radius 2 is 2.28 bits per heavy atom. The molecule has 0 bridgehead atoms. The van der Waals surface area contributed by atoms with Crippen molar-refractivity contribution in [3.63, 3.8) is 0 Å². The second-order valence-corrected chi connectivity index (χ2v) is 4.72. The van der Waals surface area contributed by atoms with Crippen molar-refractivity contribution in [1.29, 1.82) is 0 Å². The molecule has 98 valence electrons. The first-order chi connectivity index (χ1) is 8.69. The molecule has 8 heteroatoms. The van der Waals surface area contributed by atoms with E-state index in [9.17, 15) is 8.78 Å². The van der Waals surface area contributed by atoms with Gasteiger partial charge in [-0.15, -0.1) is 10.2 Å². The van der Waals surface area contributed by atoms with Crippen molar-refractivity contribution in [2.75, 3.05) is 5.32 Å². The number of nitrogens with zero attached hydrogens (tertiary/aromatic N) is 4. The van der Waals surface area contributed by atoms with Gasteiger partial charge in [-0.25, -0.2) is 8.78 Å². The lowest BCUT2D eigenvalue weighted by Gasteiger charge is -1.98. The number of halogens is 2. The van der Waals surface area contributed by atoms with E-state index >= 15 is 0 Å². The number of rotatable bonds is 6. The fourth-order valence-corrected chi connectivity index (χ4v) is 2.02. The third-order valence-corrected chi connectivity index (χ3v) is 3.10. The van der Waals surface area contributed by atoms with Gasteiger partial charge < -0.3 is 5.32 Å². The molecule has 2 rings (SSSR count). The zero-order valence-electron chi connectivity index (χ0n) is 9.81. The van der Waals surface area contributed by atoms with Gasteiger partial charge in [0.25, 0.3) is 6.43 Å². The maximum Gasteiger partial charge on any atom is 0.291 e. The summed E-state index contributed by atoms with van der Waals surface area (Å²) >= 11 is 0.867. The van der Waals surface area contributed by atoms with Gasteiger partial charge in [-0.3, -0.25) is 4.68 Å². The molecule has 0 spiro atoms. The predicted octanol–water partition coefficient (Wildman–Crippen LogP) is 2.69. The van der Waals surface area contributed by atoms with Crippen LogP contribution in [0.5, 0.6) is 0 Å². The summed E-state index contributed by atoms with van der Waals surface area (Å²) in [4.78, 5) is 0. The Kier molecular flexibility index (Phi) is 4.19. The summed E-state index contributed by atoms with van der Waals surface area (Å²) in [6.07, 6.45) is 2.12. The monoisotopic (exact) mass is 273 g/mol. The molecule has 5 nitrogen and oxygen atoms in total. The van der Waals surface area contributed by atoms with Crippen molar-refractivity contribution in [2.24, 2.45) is 0 Å². The third-order valence-electron chi connectivity index (χ3n) is 2.21. The van der Waals surface area contributed by atoms with Gasteiger partial charge in [0, 0.05) is 24.8 Å². The Morgan fingerprint density at radius 3 is 2.94 bits per heavy atom. The summed E-state index contributed by atoms with van der Waals surface area (Å²) in [7, 11) is 0. The van der Waals surface area contributed by atoms with Crippen molar-refractivity contribution >= 4 is 16.5 Å². The molecule has 0 aliphatic rings. The molecule has 0 saturated heterocycles. The molecule has 18 heavy (non-hydrogen) atoms. The molecule has 0 aromatic carbocycles. The van der Waals surface area contributed by atoms with Gasteiger partial charge in [0.05, 0.1) is 6.20 Å². The van der Waals surface area contributed by atoms with Gasteiger partial charge in [0.2, 0.25) is 5.13 Å². The highest BCUT2D eigenvalue weighted by atomic mass is 32.1. The first-order valence-electron chi connectivity index (χ1n) is 5.55. The highest BCUT2D eigenvalue weighted by molar-refractivity contribution is 7.15. The molecule has 0 unspecified atom stereocenters. The summed E-state index contributed by atoms with van der Waals surface area (Å²) in [5.41, 5.74) is 0.984. The fourth-order valence-electron chi connectivity index (χ4n) is 1.42. The normalized spacial score (nSPS) is 11.1. The number of alkyl halides is 2. The summed E-state index contributed by atoms with van der Waals surface area (Å²) in [6.45, 7) is 3.45. The van der Waals surface area contributed by atoms with E-state index in [1.54, 1.807) is 6.20 Å². The van der Waals surface area contributed by atoms with Gasteiger partial charge in [-0.2, -0.15) is 5.10 Å². The molecule has 0 atom stereocenters. The van der Waals surface area contributed by atoms with Crippen LogP contribution in [0, 0.1) is 0 Å². The van der Waals surface area contributed by atoms with E-state index in [2.05, 4.69) is 27.5 Å². The van der Waals surface area contributed by atoms with Crippen LogP contribution in [0.2, 0.25) is 0 Å². The molecule has 0 saturated carbocycles. The number of nitrogens with one attached hydrogen (secondary N) is 1. The standard InChI is InChI=1S/C10H13F2N5S/c1-2-3-17-6-7(5-14-17)4-13-10-16-15-9(18-10)8(11)12/h5-6,8H,2-4H2,1H3,(H,13,16). The molecule has 2 heterocycles. The number of aryl methyl sites for hydroxylation is 1. The molecular formula is C10H13F2N5S. The number of hydrogen-bond acceptors (Lipinski definition) is 5. The summed E-state index contributed by atoms with van der Waals surface area (Å²) in [5, 5.41) is 14.3. The van der Waals surface area contributed by atoms with Crippen LogP contribution in [0.4, 0.5) is 13.9 Å². The van der Waals surface area contributed by atoms with E-state index in [4.69, 9.17) is 0 Å². The minimum Gasteiger partial charge on any atom is -0.356 e. The molecule has 1 N–H and O–H groups in total. The maximum absolute atomic E-state index is 12.3. The maximum atomic E-state index is 12.3. The Balaban J connectivity index is 1.89. The molecule has 0 aliphatic carbocycles. The molecule has 0 fully saturated rings. The highest BCUT2D eigenvalue weighted by Gasteiger charge is 2.13. The SMILES string of the molecule is CCCn1cc(CNc2nnc(C(F)F)s2)cn1. The van der Waals surface area contributed by atoms with E-state index in [1.807, 2.05) is 10.9 Å². The third kappa shape index (κ3) is 3.22. The van der Waals surface area contributed by atoms with Crippen molar-refractivity contribution in [1.82, 2.24) is 20.0 Å². The van der Waals surface area contributed by atoms with Gasteiger partial charge in [0.1, 0.15) is 0 Å². The molecule has 0 radical (unpaired) electrons. The van der Waals surface area contributed by atoms with E-state index in [0.717, 1.165) is 29.9 Å². The van der Waals surface area contributed by atoms with E-state index < -0.39 is 6.43 Å². The number of aromatic nitrogens is 4. The predicted molar refractivity (Wildman–Crippen MR) is 64.7 cm³/mol. The van der Waals surface area contributed by atoms with E-state index in [0.29, 0.717) is 11.7 Å². The van der Waals surface area contributed by atoms with Crippen molar-refractivity contribution < 1.29 is 8.78 Å². The first-order valence-corrected chi connectivity index (χ1v) is 6.37. The zero-order chi connectivity index (χ0) is 13.0. The van der Waals surface area contributed by atoms with Gasteiger partial charge in [-0.05, 0) is 6.42 Å². The fraction of sp³-hybridized carbons (Fsp3) is 0.500. The Bertz CT molecular complexity index is 496. The van der Waals surface area contributed by atoms with Crippen molar-refractivity contribution in [3.8, 4) is 0 Å². The summed E-state index contributed by atoms with van der Waals surface area (Å²) in [6, 6.07) is 0. The minimum absolute atomic E-state index is 0.265. The lowest BCUT2D eigenvalue weighted by Crippen LogP contribution is -1.98. The van der Waals surface area contributed by atoms with Gasteiger partial charge in [0.15, 0.2) is 5.01 Å². The summed E-state index contributed by atoms with van der Waals surface area (Å²) in [5.74, 6) is 0. The first kappa shape index (κ1) is 12.9. The molecule has 2 aromatic heterocycles. The zero-order valence-corrected chi connectivity index (χ0v) is 10.6. The average molecular weight is 273 g/mol. The Hall–Kier alpha value is -1.57. The Morgan fingerprint density at radius 1 is 1.44 bits per heavy atom. The van der Waals surface area contributed by atoms with Crippen LogP contribution in [0.15, 0.2) is 12.4 Å². The van der Waals surface area contributed by atoms with Crippen molar-refractivity contribution in [3.05, 3.63) is 23.0 Å². The van der Waals surface area contributed by atoms with Gasteiger partial charge in [-0.1, -0.05) is 18.3 Å². The van der Waals surface area contributed by atoms with Crippen LogP contribution < -0.4 is 5.32 Å². The minimum atomic E-state index is -2.56. The second kappa shape index (κ2) is 5.85. The van der Waals surface area contributed by atoms with E-state index in [-0.39, 0.29) is 5.01 Å². The topological polar surface area (TPSA) is 55.6 Å². The van der Waals surface area contributed by atoms with Gasteiger partial charge >= 0.3 is 0 Å². The number of anilines is 1. The van der Waals surface area contributed by atoms with Crippen LogP contribution >= 0.6 is 11.3 Å². The molecular weight excluding hydrogens is 260 g/mol. The quantitative estimate of drug-likeness (QED) is 0.879. The second-order valence-electron chi connectivity index (χ2n) is 3.71. The largest absolute Gasteiger partial charge is 0.356 e. The molecule has 0 amide bonds. The lowest BCUT2D eigenvalue weighted by atomic mass is 10.4. The van der Waals surface area contributed by atoms with E-state index in [1.165, 1.54) is 0 Å². The smallest absolute Gasteiger partial charge is 0.291 e. The van der Waals surface area contributed by atoms with Crippen LogP contribution in [-0.2, 0) is 13.1 Å². The molecule has 2 aromatic rings. The van der Waals surface area contributed by atoms with Crippen LogP contribution in [0.1, 0.15) is 30.3 Å². The van der Waals surface area contributed by atoms with Crippen LogP contribution in [0.25, 0.3) is 0 Å². The van der Waals surface area contributed by atoms with Crippen LogP contribution in [-0.4, -0.2) is 20.0 Å². The number of hydrogen-bond donors (Lipinski definition) is 1. The Labute approximate surface area is 107 Å². The average Bonchev–Trinajstić information content (AvgIpc) is 2.95.